The van der Waals surface area contributed by atoms with E-state index in [0.29, 0.717) is 0 Å². The minimum atomic E-state index is 0.223. The van der Waals surface area contributed by atoms with Crippen LogP contribution >= 0.6 is 0 Å². The van der Waals surface area contributed by atoms with Crippen LogP contribution in [-0.4, -0.2) is 25.5 Å². The molecular weight excluding hydrogens is 200 g/mol. The highest BCUT2D eigenvalue weighted by atomic mass is 16.1. The van der Waals surface area contributed by atoms with Gasteiger partial charge in [-0.25, -0.2) is 0 Å². The summed E-state index contributed by atoms with van der Waals surface area (Å²) in [6, 6.07) is 0. The van der Waals surface area contributed by atoms with Crippen molar-refractivity contribution in [3.05, 3.63) is 0 Å². The van der Waals surface area contributed by atoms with Crippen LogP contribution in [0.2, 0.25) is 0 Å². The fourth-order valence-electron chi connectivity index (χ4n) is 1.82. The van der Waals surface area contributed by atoms with Gasteiger partial charge in [-0.1, -0.05) is 33.6 Å². The van der Waals surface area contributed by atoms with Gasteiger partial charge in [0.2, 0.25) is 5.91 Å². The van der Waals surface area contributed by atoms with Crippen LogP contribution in [0.4, 0.5) is 0 Å². The van der Waals surface area contributed by atoms with Crippen LogP contribution in [0.5, 0.6) is 0 Å². The molecule has 0 saturated heterocycles. The molecule has 0 unspecified atom stereocenters. The first kappa shape index (κ1) is 15.4. The van der Waals surface area contributed by atoms with E-state index in [2.05, 4.69) is 31.4 Å². The van der Waals surface area contributed by atoms with E-state index in [1.807, 2.05) is 0 Å². The Labute approximate surface area is 100 Å². The molecule has 0 radical (unpaired) electrons. The highest BCUT2D eigenvalue weighted by Gasteiger charge is 2.15. The van der Waals surface area contributed by atoms with Crippen LogP contribution < -0.4 is 10.6 Å². The van der Waals surface area contributed by atoms with Gasteiger partial charge < -0.3 is 10.6 Å². The molecule has 3 heteroatoms. The quantitative estimate of drug-likeness (QED) is 0.563. The molecule has 0 rings (SSSR count). The van der Waals surface area contributed by atoms with Gasteiger partial charge in [-0.3, -0.25) is 4.79 Å². The molecule has 0 aliphatic carbocycles. The Bertz CT molecular complexity index is 165. The van der Waals surface area contributed by atoms with Crippen molar-refractivity contribution in [2.24, 2.45) is 5.92 Å². The van der Waals surface area contributed by atoms with Gasteiger partial charge in [0.25, 0.3) is 0 Å². The molecule has 0 bridgehead atoms. The molecule has 0 aliphatic heterocycles. The van der Waals surface area contributed by atoms with Gasteiger partial charge in [-0.2, -0.15) is 0 Å². The van der Waals surface area contributed by atoms with Gasteiger partial charge in [-0.05, 0) is 25.8 Å². The van der Waals surface area contributed by atoms with Crippen molar-refractivity contribution in [2.45, 2.75) is 52.9 Å². The molecule has 0 fully saturated rings. The van der Waals surface area contributed by atoms with Gasteiger partial charge in [-0.15, -0.1) is 0 Å². The lowest BCUT2D eigenvalue weighted by atomic mass is 9.97. The predicted molar refractivity (Wildman–Crippen MR) is 69.5 cm³/mol. The molecule has 0 aromatic carbocycles. The zero-order chi connectivity index (χ0) is 12.2. The third kappa shape index (κ3) is 7.69. The molecule has 0 saturated carbocycles. The molecule has 16 heavy (non-hydrogen) atoms. The number of hydrogen-bond donors (Lipinski definition) is 2. The molecule has 0 atom stereocenters. The second-order valence-electron chi connectivity index (χ2n) is 4.32. The predicted octanol–water partition coefficient (Wildman–Crippen LogP) is 2.32. The van der Waals surface area contributed by atoms with Crippen LogP contribution in [0.3, 0.4) is 0 Å². The Morgan fingerprint density at radius 2 is 1.56 bits per heavy atom. The Balaban J connectivity index is 3.65. The second kappa shape index (κ2) is 10.9. The van der Waals surface area contributed by atoms with Gasteiger partial charge in [0.15, 0.2) is 0 Å². The maximum Gasteiger partial charge on any atom is 0.223 e. The molecule has 0 aromatic heterocycles. The van der Waals surface area contributed by atoms with Crippen molar-refractivity contribution in [1.29, 1.82) is 0 Å². The minimum absolute atomic E-state index is 0.223. The maximum atomic E-state index is 11.8. The third-order valence-corrected chi connectivity index (χ3v) is 2.67. The summed E-state index contributed by atoms with van der Waals surface area (Å²) in [5.74, 6) is 0.461. The zero-order valence-corrected chi connectivity index (χ0v) is 11.1. The second-order valence-corrected chi connectivity index (χ2v) is 4.32. The highest BCUT2D eigenvalue weighted by Crippen LogP contribution is 2.13. The van der Waals surface area contributed by atoms with E-state index < -0.39 is 0 Å². The first-order valence-electron chi connectivity index (χ1n) is 6.74. The van der Waals surface area contributed by atoms with Crippen molar-refractivity contribution < 1.29 is 4.79 Å². The minimum Gasteiger partial charge on any atom is -0.355 e. The van der Waals surface area contributed by atoms with Crippen LogP contribution in [-0.2, 0) is 4.79 Å². The number of carbonyl (C=O) groups excluding carboxylic acids is 1. The summed E-state index contributed by atoms with van der Waals surface area (Å²) in [6.45, 7) is 9.08. The molecule has 0 aromatic rings. The molecule has 3 nitrogen and oxygen atoms in total. The molecule has 0 heterocycles. The van der Waals surface area contributed by atoms with Gasteiger partial charge in [0, 0.05) is 19.0 Å². The Morgan fingerprint density at radius 1 is 0.938 bits per heavy atom. The topological polar surface area (TPSA) is 41.1 Å². The van der Waals surface area contributed by atoms with Crippen molar-refractivity contribution in [2.75, 3.05) is 19.6 Å². The molecule has 0 aliphatic rings. The Morgan fingerprint density at radius 3 is 2.06 bits per heavy atom. The lowest BCUT2D eigenvalue weighted by Crippen LogP contribution is -2.36. The summed E-state index contributed by atoms with van der Waals surface area (Å²) in [5, 5.41) is 6.29. The summed E-state index contributed by atoms with van der Waals surface area (Å²) in [7, 11) is 0. The number of rotatable bonds is 10. The van der Waals surface area contributed by atoms with E-state index in [0.717, 1.165) is 51.7 Å². The highest BCUT2D eigenvalue weighted by molar-refractivity contribution is 5.78. The first-order chi connectivity index (χ1) is 7.76. The van der Waals surface area contributed by atoms with E-state index in [4.69, 9.17) is 0 Å². The molecule has 1 amide bonds. The maximum absolute atomic E-state index is 11.8. The molecule has 0 spiro atoms. The summed E-state index contributed by atoms with van der Waals surface area (Å²) < 4.78 is 0. The lowest BCUT2D eigenvalue weighted by Gasteiger charge is -2.15. The van der Waals surface area contributed by atoms with E-state index in [1.165, 1.54) is 0 Å². The lowest BCUT2D eigenvalue weighted by molar-refractivity contribution is -0.125. The molecule has 96 valence electrons. The van der Waals surface area contributed by atoms with E-state index in [9.17, 15) is 4.79 Å². The average Bonchev–Trinajstić information content (AvgIpc) is 2.28. The van der Waals surface area contributed by atoms with Crippen molar-refractivity contribution >= 4 is 5.91 Å². The van der Waals surface area contributed by atoms with Gasteiger partial charge in [0.05, 0.1) is 0 Å². The van der Waals surface area contributed by atoms with Crippen LogP contribution in [0.25, 0.3) is 0 Å². The van der Waals surface area contributed by atoms with Gasteiger partial charge >= 0.3 is 0 Å². The van der Waals surface area contributed by atoms with Crippen molar-refractivity contribution in [3.8, 4) is 0 Å². The Kier molecular flexibility index (Phi) is 10.5. The normalized spacial score (nSPS) is 10.8. The third-order valence-electron chi connectivity index (χ3n) is 2.67. The van der Waals surface area contributed by atoms with Crippen LogP contribution in [0, 0.1) is 5.92 Å². The smallest absolute Gasteiger partial charge is 0.223 e. The molecular formula is C13H28N2O. The van der Waals surface area contributed by atoms with E-state index in [-0.39, 0.29) is 11.8 Å². The van der Waals surface area contributed by atoms with E-state index >= 15 is 0 Å². The number of nitrogens with one attached hydrogen (secondary N) is 2. The summed E-state index contributed by atoms with van der Waals surface area (Å²) >= 11 is 0. The van der Waals surface area contributed by atoms with Gasteiger partial charge in [0.1, 0.15) is 0 Å². The van der Waals surface area contributed by atoms with Crippen LogP contribution in [0.1, 0.15) is 52.9 Å². The summed E-state index contributed by atoms with van der Waals surface area (Å²) in [5.41, 5.74) is 0. The standard InChI is InChI=1S/C13H28N2O/c1-4-7-12(8-5-2)13(16)15-11-10-14-9-6-3/h12,14H,4-11H2,1-3H3,(H,15,16). The van der Waals surface area contributed by atoms with Crippen LogP contribution in [0.15, 0.2) is 0 Å². The monoisotopic (exact) mass is 228 g/mol. The zero-order valence-electron chi connectivity index (χ0n) is 11.1. The SMILES string of the molecule is CCCNCCNC(=O)C(CCC)CCC. The van der Waals surface area contributed by atoms with Crippen molar-refractivity contribution in [1.82, 2.24) is 10.6 Å². The summed E-state index contributed by atoms with van der Waals surface area (Å²) in [4.78, 5) is 11.8. The fourth-order valence-corrected chi connectivity index (χ4v) is 1.82. The largest absolute Gasteiger partial charge is 0.355 e. The number of amides is 1. The fraction of sp³-hybridized carbons (Fsp3) is 0.923. The average molecular weight is 228 g/mol. The number of hydrogen-bond acceptors (Lipinski definition) is 2. The summed E-state index contributed by atoms with van der Waals surface area (Å²) in [6.07, 6.45) is 5.35. The number of carbonyl (C=O) groups is 1. The Hall–Kier alpha value is -0.570. The van der Waals surface area contributed by atoms with Crippen molar-refractivity contribution in [3.63, 3.8) is 0 Å². The first-order valence-corrected chi connectivity index (χ1v) is 6.74. The molecule has 2 N–H and O–H groups in total. The van der Waals surface area contributed by atoms with E-state index in [1.54, 1.807) is 0 Å².